The minimum atomic E-state index is -1.27. The quantitative estimate of drug-likeness (QED) is 0.187. The molecule has 1 aromatic rings. The summed E-state index contributed by atoms with van der Waals surface area (Å²) in [5.41, 5.74) is 0. The second-order valence-corrected chi connectivity index (χ2v) is 15.8. The van der Waals surface area contributed by atoms with Crippen LogP contribution in [0.1, 0.15) is 97.8 Å². The van der Waals surface area contributed by atoms with Gasteiger partial charge in [-0.3, -0.25) is 0 Å². The number of hydrogen-bond acceptors (Lipinski definition) is 1. The average molecular weight is 397 g/mol. The zero-order valence-electron chi connectivity index (χ0n) is 17.9. The van der Waals surface area contributed by atoms with Gasteiger partial charge in [-0.1, -0.05) is 0 Å². The molecule has 0 bridgehead atoms. The third-order valence-corrected chi connectivity index (χ3v) is 14.1. The molecule has 0 spiro atoms. The van der Waals surface area contributed by atoms with Crippen molar-refractivity contribution >= 4 is 17.8 Å². The van der Waals surface area contributed by atoms with E-state index in [1.807, 2.05) is 0 Å². The van der Waals surface area contributed by atoms with E-state index in [0.29, 0.717) is 0 Å². The van der Waals surface area contributed by atoms with Gasteiger partial charge < -0.3 is 0 Å². The van der Waals surface area contributed by atoms with Crippen LogP contribution in [0.3, 0.4) is 0 Å². The molecule has 0 fully saturated rings. The summed E-state index contributed by atoms with van der Waals surface area (Å²) in [5, 5.41) is 0. The molecule has 0 atom stereocenters. The summed E-state index contributed by atoms with van der Waals surface area (Å²) in [6.07, 6.45) is 21.7. The molecule has 0 nitrogen and oxygen atoms in total. The monoisotopic (exact) mass is 396 g/mol. The Labute approximate surface area is 169 Å². The SMILES string of the molecule is CCCCCC[PH](CCCCCC)(CCCCCC)Sc1ccccc1. The predicted molar refractivity (Wildman–Crippen MR) is 128 cm³/mol. The Morgan fingerprint density at radius 3 is 1.38 bits per heavy atom. The Kier molecular flexibility index (Phi) is 14.8. The summed E-state index contributed by atoms with van der Waals surface area (Å²) in [6, 6.07) is 11.3. The molecule has 1 aromatic carbocycles. The van der Waals surface area contributed by atoms with Gasteiger partial charge in [-0.2, -0.15) is 0 Å². The Hall–Kier alpha value is 0. The minimum absolute atomic E-state index is 1.27. The molecular formula is C24H45PS. The van der Waals surface area contributed by atoms with Crippen molar-refractivity contribution in [2.75, 3.05) is 18.5 Å². The van der Waals surface area contributed by atoms with Crippen molar-refractivity contribution in [3.05, 3.63) is 30.3 Å². The standard InChI is InChI=1S/C24H45PS/c1-4-7-10-16-21-25(22-17-11-8-5-2,23-18-12-9-6-3)26-24-19-14-13-15-20-24/h13-15,19-20,25H,4-12,16-18,21-23H2,1-3H3. The van der Waals surface area contributed by atoms with E-state index in [0.717, 1.165) is 0 Å². The van der Waals surface area contributed by atoms with Gasteiger partial charge in [0.05, 0.1) is 0 Å². The first-order chi connectivity index (χ1) is 12.8. The van der Waals surface area contributed by atoms with Gasteiger partial charge in [-0.15, -0.1) is 0 Å². The van der Waals surface area contributed by atoms with Crippen LogP contribution in [0.25, 0.3) is 0 Å². The number of rotatable bonds is 17. The molecule has 0 saturated carbocycles. The maximum atomic E-state index is 2.36. The van der Waals surface area contributed by atoms with E-state index in [4.69, 9.17) is 0 Å². The van der Waals surface area contributed by atoms with Crippen molar-refractivity contribution in [2.45, 2.75) is 103 Å². The normalized spacial score (nSPS) is 12.4. The van der Waals surface area contributed by atoms with Crippen molar-refractivity contribution in [3.8, 4) is 0 Å². The van der Waals surface area contributed by atoms with E-state index >= 15 is 0 Å². The summed E-state index contributed by atoms with van der Waals surface area (Å²) >= 11 is 2.35. The van der Waals surface area contributed by atoms with Gasteiger partial charge in [0.25, 0.3) is 0 Å². The topological polar surface area (TPSA) is 0 Å². The van der Waals surface area contributed by atoms with E-state index in [-0.39, 0.29) is 0 Å². The van der Waals surface area contributed by atoms with E-state index in [1.54, 1.807) is 23.4 Å². The van der Waals surface area contributed by atoms with Crippen molar-refractivity contribution in [2.24, 2.45) is 0 Å². The second-order valence-electron chi connectivity index (χ2n) is 8.03. The van der Waals surface area contributed by atoms with E-state index in [1.165, 1.54) is 77.0 Å². The molecule has 0 aromatic heterocycles. The van der Waals surface area contributed by atoms with Gasteiger partial charge in [-0.05, 0) is 0 Å². The molecule has 2 heteroatoms. The first-order valence-corrected chi connectivity index (χ1v) is 15.7. The van der Waals surface area contributed by atoms with Crippen LogP contribution in [0.2, 0.25) is 0 Å². The Morgan fingerprint density at radius 1 is 0.577 bits per heavy atom. The Balaban J connectivity index is 2.77. The van der Waals surface area contributed by atoms with Crippen molar-refractivity contribution in [1.29, 1.82) is 0 Å². The maximum absolute atomic E-state index is 2.36. The molecule has 1 rings (SSSR count). The van der Waals surface area contributed by atoms with Gasteiger partial charge in [0.1, 0.15) is 0 Å². The molecule has 0 heterocycles. The molecule has 26 heavy (non-hydrogen) atoms. The summed E-state index contributed by atoms with van der Waals surface area (Å²) in [4.78, 5) is 1.54. The van der Waals surface area contributed by atoms with Crippen LogP contribution < -0.4 is 0 Å². The summed E-state index contributed by atoms with van der Waals surface area (Å²) < 4.78 is 0. The Morgan fingerprint density at radius 2 is 1.00 bits per heavy atom. The van der Waals surface area contributed by atoms with Gasteiger partial charge >= 0.3 is 169 Å². The van der Waals surface area contributed by atoms with Crippen molar-refractivity contribution < 1.29 is 0 Å². The van der Waals surface area contributed by atoms with Crippen LogP contribution >= 0.6 is 17.8 Å². The first-order valence-electron chi connectivity index (χ1n) is 11.5. The van der Waals surface area contributed by atoms with Crippen molar-refractivity contribution in [1.82, 2.24) is 0 Å². The van der Waals surface area contributed by atoms with Crippen LogP contribution in [0.4, 0.5) is 0 Å². The van der Waals surface area contributed by atoms with Crippen LogP contribution in [-0.4, -0.2) is 18.5 Å². The molecular weight excluding hydrogens is 351 g/mol. The first kappa shape index (κ1) is 24.0. The number of unbranched alkanes of at least 4 members (excludes halogenated alkanes) is 9. The number of benzene rings is 1. The molecule has 0 aliphatic rings. The zero-order valence-corrected chi connectivity index (χ0v) is 19.7. The fourth-order valence-electron chi connectivity index (χ4n) is 3.89. The van der Waals surface area contributed by atoms with E-state index in [9.17, 15) is 0 Å². The second kappa shape index (κ2) is 16.0. The van der Waals surface area contributed by atoms with Crippen LogP contribution in [-0.2, 0) is 0 Å². The summed E-state index contributed by atoms with van der Waals surface area (Å²) in [7, 11) is 0. The fraction of sp³-hybridized carbons (Fsp3) is 0.750. The van der Waals surface area contributed by atoms with Crippen LogP contribution in [0, 0.1) is 0 Å². The van der Waals surface area contributed by atoms with E-state index in [2.05, 4.69) is 62.5 Å². The average Bonchev–Trinajstić information content (AvgIpc) is 2.67. The van der Waals surface area contributed by atoms with Crippen LogP contribution in [0.15, 0.2) is 35.2 Å². The molecule has 0 aliphatic carbocycles. The number of hydrogen-bond donors (Lipinski definition) is 0. The van der Waals surface area contributed by atoms with Gasteiger partial charge in [0, 0.05) is 0 Å². The molecule has 0 N–H and O–H groups in total. The van der Waals surface area contributed by atoms with E-state index < -0.39 is 6.46 Å². The van der Waals surface area contributed by atoms with Gasteiger partial charge in [0.2, 0.25) is 0 Å². The van der Waals surface area contributed by atoms with Gasteiger partial charge in [0.15, 0.2) is 0 Å². The Bertz CT molecular complexity index is 386. The molecule has 0 aliphatic heterocycles. The molecule has 0 radical (unpaired) electrons. The molecule has 0 saturated heterocycles. The molecule has 0 amide bonds. The molecule has 152 valence electrons. The van der Waals surface area contributed by atoms with Crippen molar-refractivity contribution in [3.63, 3.8) is 0 Å². The third-order valence-electron chi connectivity index (χ3n) is 5.54. The zero-order chi connectivity index (χ0) is 18.9. The van der Waals surface area contributed by atoms with Crippen LogP contribution in [0.5, 0.6) is 0 Å². The summed E-state index contributed by atoms with van der Waals surface area (Å²) in [6.45, 7) is 5.73. The fourth-order valence-corrected chi connectivity index (χ4v) is 12.5. The third kappa shape index (κ3) is 11.0. The predicted octanol–water partition coefficient (Wildman–Crippen LogP) is 9.18. The van der Waals surface area contributed by atoms with Gasteiger partial charge in [-0.25, -0.2) is 0 Å². The summed E-state index contributed by atoms with van der Waals surface area (Å²) in [5.74, 6) is 0. The molecule has 0 unspecified atom stereocenters.